The number of ether oxygens (including phenoxy) is 1. The zero-order valence-corrected chi connectivity index (χ0v) is 20.4. The topological polar surface area (TPSA) is 119 Å². The minimum absolute atomic E-state index is 0.0119. The van der Waals surface area contributed by atoms with E-state index in [1.807, 2.05) is 0 Å². The molecule has 10 heteroatoms. The Labute approximate surface area is 203 Å². The number of carbonyl (C=O) groups excluding carboxylic acids is 3. The zero-order valence-electron chi connectivity index (χ0n) is 20.4. The second-order valence-electron chi connectivity index (χ2n) is 8.86. The van der Waals surface area contributed by atoms with Crippen LogP contribution in [0.5, 0.6) is 0 Å². The lowest BCUT2D eigenvalue weighted by atomic mass is 9.95. The molecule has 0 bridgehead atoms. The number of anilines is 1. The van der Waals surface area contributed by atoms with E-state index in [4.69, 9.17) is 4.74 Å². The van der Waals surface area contributed by atoms with Crippen molar-refractivity contribution in [2.24, 2.45) is 0 Å². The van der Waals surface area contributed by atoms with Crippen LogP contribution in [0.25, 0.3) is 10.9 Å². The van der Waals surface area contributed by atoms with Gasteiger partial charge in [-0.2, -0.15) is 0 Å². The summed E-state index contributed by atoms with van der Waals surface area (Å²) >= 11 is 0. The van der Waals surface area contributed by atoms with Gasteiger partial charge in [0.1, 0.15) is 11.4 Å². The molecule has 35 heavy (non-hydrogen) atoms. The number of pyridine rings is 1. The van der Waals surface area contributed by atoms with E-state index in [0.717, 1.165) is 38.2 Å². The number of halogens is 1. The van der Waals surface area contributed by atoms with Crippen molar-refractivity contribution in [2.45, 2.75) is 65.0 Å². The van der Waals surface area contributed by atoms with Crippen molar-refractivity contribution >= 4 is 34.4 Å². The molecule has 1 saturated carbocycles. The summed E-state index contributed by atoms with van der Waals surface area (Å²) in [6.07, 6.45) is 6.51. The van der Waals surface area contributed by atoms with Gasteiger partial charge in [-0.15, -0.1) is 0 Å². The van der Waals surface area contributed by atoms with Crippen molar-refractivity contribution in [1.29, 1.82) is 0 Å². The van der Waals surface area contributed by atoms with Crippen molar-refractivity contribution in [3.63, 3.8) is 0 Å². The highest BCUT2D eigenvalue weighted by molar-refractivity contribution is 5.94. The quantitative estimate of drug-likeness (QED) is 0.467. The Hall–Kier alpha value is -3.43. The highest BCUT2D eigenvalue weighted by atomic mass is 19.1. The molecule has 1 fully saturated rings. The van der Waals surface area contributed by atoms with E-state index >= 15 is 4.39 Å². The third kappa shape index (κ3) is 6.58. The maximum Gasteiger partial charge on any atom is 0.343 e. The summed E-state index contributed by atoms with van der Waals surface area (Å²) in [5.74, 6) is -1.97. The molecule has 9 nitrogen and oxygen atoms in total. The highest BCUT2D eigenvalue weighted by Crippen LogP contribution is 2.28. The van der Waals surface area contributed by atoms with Gasteiger partial charge in [-0.1, -0.05) is 19.3 Å². The average molecular weight is 489 g/mol. The zero-order chi connectivity index (χ0) is 25.5. The fraction of sp³-hybridized carbons (Fsp3) is 0.520. The summed E-state index contributed by atoms with van der Waals surface area (Å²) in [5.41, 5.74) is -0.249. The Morgan fingerprint density at radius 2 is 1.71 bits per heavy atom. The molecule has 2 amide bonds. The number of rotatable bonds is 9. The van der Waals surface area contributed by atoms with E-state index in [1.165, 1.54) is 20.0 Å². The molecular formula is C25H33FN4O5. The van der Waals surface area contributed by atoms with Gasteiger partial charge in [0.15, 0.2) is 0 Å². The van der Waals surface area contributed by atoms with E-state index in [1.54, 1.807) is 17.6 Å². The van der Waals surface area contributed by atoms with Crippen LogP contribution in [0.2, 0.25) is 0 Å². The fourth-order valence-electron chi connectivity index (χ4n) is 4.40. The van der Waals surface area contributed by atoms with Gasteiger partial charge in [0, 0.05) is 44.6 Å². The second-order valence-corrected chi connectivity index (χ2v) is 8.86. The number of hydrogen-bond donors (Lipinski definition) is 3. The molecule has 1 aliphatic rings. The molecule has 0 saturated heterocycles. The van der Waals surface area contributed by atoms with Gasteiger partial charge in [-0.05, 0) is 31.9 Å². The summed E-state index contributed by atoms with van der Waals surface area (Å²) in [7, 11) is 0. The van der Waals surface area contributed by atoms with Crippen LogP contribution in [0, 0.1) is 5.82 Å². The van der Waals surface area contributed by atoms with E-state index in [0.29, 0.717) is 5.52 Å². The third-order valence-corrected chi connectivity index (χ3v) is 6.15. The summed E-state index contributed by atoms with van der Waals surface area (Å²) < 4.78 is 21.8. The summed E-state index contributed by atoms with van der Waals surface area (Å²) in [5, 5.41) is 8.71. The van der Waals surface area contributed by atoms with Crippen LogP contribution in [0.15, 0.2) is 23.1 Å². The van der Waals surface area contributed by atoms with Crippen molar-refractivity contribution in [1.82, 2.24) is 15.2 Å². The molecule has 0 radical (unpaired) electrons. The van der Waals surface area contributed by atoms with Crippen LogP contribution < -0.4 is 21.4 Å². The number of nitrogens with zero attached hydrogens (tertiary/aromatic N) is 1. The van der Waals surface area contributed by atoms with Gasteiger partial charge in [-0.25, -0.2) is 9.18 Å². The Balaban J connectivity index is 2.17. The van der Waals surface area contributed by atoms with Crippen LogP contribution in [-0.2, 0) is 14.3 Å². The third-order valence-electron chi connectivity index (χ3n) is 6.15. The predicted octanol–water partition coefficient (Wildman–Crippen LogP) is 2.88. The predicted molar refractivity (Wildman–Crippen MR) is 131 cm³/mol. The molecule has 3 N–H and O–H groups in total. The number of amides is 2. The van der Waals surface area contributed by atoms with Gasteiger partial charge >= 0.3 is 5.97 Å². The lowest BCUT2D eigenvalue weighted by Gasteiger charge is -2.26. The average Bonchev–Trinajstić information content (AvgIpc) is 2.81. The molecule has 1 heterocycles. The molecular weight excluding hydrogens is 455 g/mol. The molecule has 0 aliphatic heterocycles. The number of fused-ring (bicyclic) bond motifs is 1. The lowest BCUT2D eigenvalue weighted by Crippen LogP contribution is -2.37. The van der Waals surface area contributed by atoms with Crippen LogP contribution in [-0.4, -0.2) is 48.1 Å². The van der Waals surface area contributed by atoms with Crippen LogP contribution in [0.4, 0.5) is 10.1 Å². The molecule has 1 aromatic heterocycles. The molecule has 0 unspecified atom stereocenters. The number of esters is 1. The molecule has 2 aromatic rings. The first kappa shape index (κ1) is 26.2. The smallest absolute Gasteiger partial charge is 0.343 e. The van der Waals surface area contributed by atoms with E-state index in [9.17, 15) is 19.2 Å². The van der Waals surface area contributed by atoms with Crippen LogP contribution in [0.1, 0.15) is 69.3 Å². The summed E-state index contributed by atoms with van der Waals surface area (Å²) in [6.45, 7) is 4.64. The lowest BCUT2D eigenvalue weighted by molar-refractivity contribution is -0.119. The first-order valence-corrected chi connectivity index (χ1v) is 12.0. The van der Waals surface area contributed by atoms with Crippen LogP contribution in [0.3, 0.4) is 0 Å². The molecule has 1 aromatic carbocycles. The first-order chi connectivity index (χ1) is 16.7. The standard InChI is InChI=1S/C25H33FN4O5/c1-4-35-25(34)20-14-30(18(12-27-15(2)31)13-28-16(3)32)23-11-22(21(26)10-19(23)24(20)33)29-17-8-6-5-7-9-17/h10-11,14,17-18,29H,4-9,12-13H2,1-3H3,(H,27,31)(H,28,32). The van der Waals surface area contributed by atoms with Gasteiger partial charge in [0.2, 0.25) is 17.2 Å². The largest absolute Gasteiger partial charge is 0.462 e. The number of carbonyl (C=O) groups is 3. The fourth-order valence-corrected chi connectivity index (χ4v) is 4.40. The summed E-state index contributed by atoms with van der Waals surface area (Å²) in [6, 6.07) is 2.26. The van der Waals surface area contributed by atoms with Gasteiger partial charge in [-0.3, -0.25) is 14.4 Å². The Kier molecular flexibility index (Phi) is 8.84. The first-order valence-electron chi connectivity index (χ1n) is 12.0. The van der Waals surface area contributed by atoms with E-state index < -0.39 is 23.3 Å². The van der Waals surface area contributed by atoms with Crippen molar-refractivity contribution in [2.75, 3.05) is 25.0 Å². The number of nitrogens with one attached hydrogen (secondary N) is 3. The normalized spacial score (nSPS) is 14.1. The molecule has 190 valence electrons. The monoisotopic (exact) mass is 488 g/mol. The molecule has 3 rings (SSSR count). The van der Waals surface area contributed by atoms with Crippen molar-refractivity contribution in [3.8, 4) is 0 Å². The van der Waals surface area contributed by atoms with Gasteiger partial charge < -0.3 is 25.3 Å². The second kappa shape index (κ2) is 11.8. The Bertz CT molecular complexity index is 1140. The van der Waals surface area contributed by atoms with Gasteiger partial charge in [0.25, 0.3) is 0 Å². The van der Waals surface area contributed by atoms with Crippen molar-refractivity contribution in [3.05, 3.63) is 39.9 Å². The number of hydrogen-bond acceptors (Lipinski definition) is 6. The number of aromatic nitrogens is 1. The van der Waals surface area contributed by atoms with Crippen LogP contribution >= 0.6 is 0 Å². The minimum atomic E-state index is -0.823. The SMILES string of the molecule is CCOC(=O)c1cn(C(CNC(C)=O)CNC(C)=O)c2cc(NC3CCCCC3)c(F)cc2c1=O. The molecule has 0 spiro atoms. The Morgan fingerprint density at radius 3 is 2.29 bits per heavy atom. The molecule has 0 atom stereocenters. The highest BCUT2D eigenvalue weighted by Gasteiger charge is 2.23. The summed E-state index contributed by atoms with van der Waals surface area (Å²) in [4.78, 5) is 49.0. The van der Waals surface area contributed by atoms with E-state index in [2.05, 4.69) is 16.0 Å². The number of benzene rings is 1. The van der Waals surface area contributed by atoms with Crippen molar-refractivity contribution < 1.29 is 23.5 Å². The minimum Gasteiger partial charge on any atom is -0.462 e. The van der Waals surface area contributed by atoms with Gasteiger partial charge in [0.05, 0.1) is 23.9 Å². The molecule has 1 aliphatic carbocycles. The maximum absolute atomic E-state index is 15.1. The van der Waals surface area contributed by atoms with E-state index in [-0.39, 0.29) is 54.2 Å². The maximum atomic E-state index is 15.1. The Morgan fingerprint density at radius 1 is 1.09 bits per heavy atom.